The number of benzene rings is 2. The van der Waals surface area contributed by atoms with Gasteiger partial charge in [-0.1, -0.05) is 34.1 Å². The van der Waals surface area contributed by atoms with E-state index in [1.165, 1.54) is 25.2 Å². The van der Waals surface area contributed by atoms with Crippen molar-refractivity contribution in [3.63, 3.8) is 0 Å². The Labute approximate surface area is 149 Å². The molecule has 6 nitrogen and oxygen atoms in total. The molecular weight excluding hydrogens is 396 g/mol. The summed E-state index contributed by atoms with van der Waals surface area (Å²) in [5, 5.41) is 12.5. The number of hydrogen-bond acceptors (Lipinski definition) is 4. The van der Waals surface area contributed by atoms with E-state index in [1.54, 1.807) is 24.3 Å². The van der Waals surface area contributed by atoms with Crippen LogP contribution < -0.4 is 10.0 Å². The molecular formula is C16H17BrN2O4S. The summed E-state index contributed by atoms with van der Waals surface area (Å²) in [5.41, 5.74) is 1.18. The Hall–Kier alpha value is -1.90. The van der Waals surface area contributed by atoms with Gasteiger partial charge in [-0.15, -0.1) is 0 Å². The van der Waals surface area contributed by atoms with Crippen molar-refractivity contribution in [1.82, 2.24) is 10.0 Å². The van der Waals surface area contributed by atoms with Crippen LogP contribution in [0.5, 0.6) is 5.75 Å². The van der Waals surface area contributed by atoms with Gasteiger partial charge in [0, 0.05) is 16.6 Å². The summed E-state index contributed by atoms with van der Waals surface area (Å²) in [6.45, 7) is 0.198. The maximum atomic E-state index is 12.0. The Morgan fingerprint density at radius 2 is 1.96 bits per heavy atom. The second-order valence-corrected chi connectivity index (χ2v) is 7.88. The quantitative estimate of drug-likeness (QED) is 0.675. The van der Waals surface area contributed by atoms with Crippen molar-refractivity contribution in [2.24, 2.45) is 0 Å². The van der Waals surface area contributed by atoms with Gasteiger partial charge in [-0.05, 0) is 36.9 Å². The molecule has 0 saturated carbocycles. The number of carbonyl (C=O) groups excluding carboxylic acids is 1. The molecule has 1 amide bonds. The van der Waals surface area contributed by atoms with Gasteiger partial charge < -0.3 is 10.4 Å². The SMILES string of the molecule is CNS(=O)(=O)c1cccc(CNC(=O)Cc2ccc(Br)cc2O)c1. The van der Waals surface area contributed by atoms with Crippen LogP contribution in [0.3, 0.4) is 0 Å². The van der Waals surface area contributed by atoms with Gasteiger partial charge in [0.05, 0.1) is 11.3 Å². The van der Waals surface area contributed by atoms with Crippen molar-refractivity contribution in [2.75, 3.05) is 7.05 Å². The average molecular weight is 413 g/mol. The van der Waals surface area contributed by atoms with E-state index in [4.69, 9.17) is 0 Å². The number of halogens is 1. The molecule has 0 fully saturated rings. The highest BCUT2D eigenvalue weighted by Crippen LogP contribution is 2.22. The molecule has 0 aliphatic carbocycles. The average Bonchev–Trinajstić information content (AvgIpc) is 2.56. The number of phenolic OH excluding ortho intramolecular Hbond substituents is 1. The van der Waals surface area contributed by atoms with Gasteiger partial charge in [-0.25, -0.2) is 13.1 Å². The zero-order valence-corrected chi connectivity index (χ0v) is 15.3. The third-order valence-corrected chi connectivity index (χ3v) is 5.27. The number of nitrogens with one attached hydrogen (secondary N) is 2. The molecule has 2 rings (SSSR count). The molecule has 0 aliphatic rings. The number of aromatic hydroxyl groups is 1. The number of carbonyl (C=O) groups is 1. The summed E-state index contributed by atoms with van der Waals surface area (Å²) >= 11 is 3.24. The zero-order valence-electron chi connectivity index (χ0n) is 12.9. The fraction of sp³-hybridized carbons (Fsp3) is 0.188. The largest absolute Gasteiger partial charge is 0.508 e. The fourth-order valence-electron chi connectivity index (χ4n) is 2.06. The first kappa shape index (κ1) is 18.4. The predicted molar refractivity (Wildman–Crippen MR) is 94.0 cm³/mol. The second kappa shape index (κ2) is 7.78. The van der Waals surface area contributed by atoms with Gasteiger partial charge in [0.15, 0.2) is 0 Å². The predicted octanol–water partition coefficient (Wildman–Crippen LogP) is 1.92. The van der Waals surface area contributed by atoms with Crippen molar-refractivity contribution >= 4 is 31.9 Å². The van der Waals surface area contributed by atoms with Gasteiger partial charge in [0.2, 0.25) is 15.9 Å². The summed E-state index contributed by atoms with van der Waals surface area (Å²) in [6.07, 6.45) is 0.0353. The van der Waals surface area contributed by atoms with Crippen LogP contribution >= 0.6 is 15.9 Å². The smallest absolute Gasteiger partial charge is 0.240 e. The van der Waals surface area contributed by atoms with Crippen LogP contribution in [-0.4, -0.2) is 26.5 Å². The molecule has 0 saturated heterocycles. The summed E-state index contributed by atoms with van der Waals surface area (Å²) in [5.74, 6) is -0.226. The maximum absolute atomic E-state index is 12.0. The second-order valence-electron chi connectivity index (χ2n) is 5.08. The van der Waals surface area contributed by atoms with E-state index in [2.05, 4.69) is 26.0 Å². The molecule has 0 aromatic heterocycles. The molecule has 0 spiro atoms. The van der Waals surface area contributed by atoms with Crippen molar-refractivity contribution < 1.29 is 18.3 Å². The van der Waals surface area contributed by atoms with Crippen molar-refractivity contribution in [3.05, 3.63) is 58.1 Å². The van der Waals surface area contributed by atoms with Crippen LogP contribution in [0, 0.1) is 0 Å². The monoisotopic (exact) mass is 412 g/mol. The number of amides is 1. The van der Waals surface area contributed by atoms with Gasteiger partial charge in [0.25, 0.3) is 0 Å². The van der Waals surface area contributed by atoms with Crippen LogP contribution in [0.25, 0.3) is 0 Å². The van der Waals surface area contributed by atoms with Crippen LogP contribution in [0.1, 0.15) is 11.1 Å². The number of hydrogen-bond donors (Lipinski definition) is 3. The number of phenols is 1. The van der Waals surface area contributed by atoms with Gasteiger partial charge in [0.1, 0.15) is 5.75 Å². The van der Waals surface area contributed by atoms with Gasteiger partial charge >= 0.3 is 0 Å². The molecule has 0 unspecified atom stereocenters. The van der Waals surface area contributed by atoms with Crippen LogP contribution in [-0.2, 0) is 27.8 Å². The lowest BCUT2D eigenvalue weighted by molar-refractivity contribution is -0.120. The van der Waals surface area contributed by atoms with Crippen LogP contribution in [0.15, 0.2) is 51.8 Å². The van der Waals surface area contributed by atoms with E-state index in [9.17, 15) is 18.3 Å². The molecule has 3 N–H and O–H groups in total. The van der Waals surface area contributed by atoms with E-state index >= 15 is 0 Å². The minimum Gasteiger partial charge on any atom is -0.508 e. The fourth-order valence-corrected chi connectivity index (χ4v) is 3.21. The van der Waals surface area contributed by atoms with E-state index in [1.807, 2.05) is 0 Å². The molecule has 0 bridgehead atoms. The minimum atomic E-state index is -3.52. The third kappa shape index (κ3) is 4.80. The first-order valence-electron chi connectivity index (χ1n) is 7.08. The highest BCUT2D eigenvalue weighted by atomic mass is 79.9. The maximum Gasteiger partial charge on any atom is 0.240 e. The first-order chi connectivity index (χ1) is 11.3. The Bertz CT molecular complexity index is 853. The lowest BCUT2D eigenvalue weighted by Gasteiger charge is -2.09. The van der Waals surface area contributed by atoms with Gasteiger partial charge in [-0.3, -0.25) is 4.79 Å². The molecule has 0 radical (unpaired) electrons. The molecule has 0 aliphatic heterocycles. The molecule has 24 heavy (non-hydrogen) atoms. The Balaban J connectivity index is 2.00. The zero-order chi connectivity index (χ0) is 17.7. The van der Waals surface area contributed by atoms with E-state index in [0.717, 1.165) is 4.47 Å². The van der Waals surface area contributed by atoms with Crippen molar-refractivity contribution in [1.29, 1.82) is 0 Å². The molecule has 0 atom stereocenters. The Kier molecular flexibility index (Phi) is 5.98. The highest BCUT2D eigenvalue weighted by molar-refractivity contribution is 9.10. The van der Waals surface area contributed by atoms with Gasteiger partial charge in [-0.2, -0.15) is 0 Å². The lowest BCUT2D eigenvalue weighted by atomic mass is 10.1. The molecule has 8 heteroatoms. The Morgan fingerprint density at radius 1 is 1.21 bits per heavy atom. The third-order valence-electron chi connectivity index (χ3n) is 3.37. The van der Waals surface area contributed by atoms with E-state index < -0.39 is 10.0 Å². The number of rotatable bonds is 6. The van der Waals surface area contributed by atoms with Crippen LogP contribution in [0.2, 0.25) is 0 Å². The first-order valence-corrected chi connectivity index (χ1v) is 9.36. The molecule has 2 aromatic rings. The summed E-state index contributed by atoms with van der Waals surface area (Å²) in [7, 11) is -2.18. The summed E-state index contributed by atoms with van der Waals surface area (Å²) < 4.78 is 26.5. The topological polar surface area (TPSA) is 95.5 Å². The van der Waals surface area contributed by atoms with E-state index in [-0.39, 0.29) is 29.5 Å². The standard InChI is InChI=1S/C16H17BrN2O4S/c1-18-24(22,23)14-4-2-3-11(7-14)10-19-16(21)8-12-5-6-13(17)9-15(12)20/h2-7,9,18,20H,8,10H2,1H3,(H,19,21). The van der Waals surface area contributed by atoms with Crippen molar-refractivity contribution in [2.45, 2.75) is 17.9 Å². The highest BCUT2D eigenvalue weighted by Gasteiger charge is 2.12. The van der Waals surface area contributed by atoms with Crippen LogP contribution in [0.4, 0.5) is 0 Å². The summed E-state index contributed by atoms with van der Waals surface area (Å²) in [6, 6.07) is 11.3. The normalized spacial score (nSPS) is 11.2. The lowest BCUT2D eigenvalue weighted by Crippen LogP contribution is -2.25. The molecule has 2 aromatic carbocycles. The summed E-state index contributed by atoms with van der Waals surface area (Å²) in [4.78, 5) is 12.1. The minimum absolute atomic E-state index is 0.0353. The Morgan fingerprint density at radius 3 is 2.62 bits per heavy atom. The van der Waals surface area contributed by atoms with E-state index in [0.29, 0.717) is 11.1 Å². The van der Waals surface area contributed by atoms with Crippen molar-refractivity contribution in [3.8, 4) is 5.75 Å². The number of sulfonamides is 1. The molecule has 0 heterocycles. The molecule has 128 valence electrons.